The van der Waals surface area contributed by atoms with Gasteiger partial charge < -0.3 is 4.74 Å². The molecule has 0 aliphatic rings. The number of esters is 1. The van der Waals surface area contributed by atoms with Crippen LogP contribution >= 0.6 is 0 Å². The molecule has 0 amide bonds. The molecule has 5 heteroatoms. The number of aldehydes is 1. The van der Waals surface area contributed by atoms with Crippen LogP contribution in [0.15, 0.2) is 54.7 Å². The summed E-state index contributed by atoms with van der Waals surface area (Å²) in [6, 6.07) is 13.2. The molecule has 0 aliphatic heterocycles. The second-order valence-electron chi connectivity index (χ2n) is 5.10. The molecule has 0 N–H and O–H groups in total. The van der Waals surface area contributed by atoms with E-state index in [2.05, 4.69) is 4.98 Å². The minimum Gasteiger partial charge on any atom is -0.463 e. The Morgan fingerprint density at radius 1 is 1.25 bits per heavy atom. The maximum Gasteiger partial charge on any atom is 0.330 e. The maximum atomic E-state index is 11.5. The molecule has 3 rings (SSSR count). The molecule has 0 spiro atoms. The van der Waals surface area contributed by atoms with Crippen LogP contribution in [0.25, 0.3) is 23.0 Å². The summed E-state index contributed by atoms with van der Waals surface area (Å²) in [5.41, 5.74) is 3.46. The van der Waals surface area contributed by atoms with Gasteiger partial charge in [0.15, 0.2) is 6.29 Å². The summed E-state index contributed by atoms with van der Waals surface area (Å²) >= 11 is 0. The molecule has 2 heterocycles. The Labute approximate surface area is 139 Å². The lowest BCUT2D eigenvalue weighted by Gasteiger charge is -1.99. The fourth-order valence-electron chi connectivity index (χ4n) is 2.46. The van der Waals surface area contributed by atoms with E-state index in [1.165, 1.54) is 6.08 Å². The predicted molar refractivity (Wildman–Crippen MR) is 91.7 cm³/mol. The van der Waals surface area contributed by atoms with Crippen molar-refractivity contribution in [3.63, 3.8) is 0 Å². The number of rotatable bonds is 5. The standard InChI is InChI=1S/C19H16N2O3/c1-2-24-18(23)9-8-14-10-11-21-16(13-22)19(20-17(21)12-14)15-6-4-3-5-7-15/h3-13H,2H2,1H3. The van der Waals surface area contributed by atoms with Gasteiger partial charge in [-0.2, -0.15) is 0 Å². The number of aromatic nitrogens is 2. The van der Waals surface area contributed by atoms with Gasteiger partial charge in [0.1, 0.15) is 17.0 Å². The zero-order valence-electron chi connectivity index (χ0n) is 13.2. The highest BCUT2D eigenvalue weighted by Gasteiger charge is 2.13. The first-order valence-electron chi connectivity index (χ1n) is 7.60. The average molecular weight is 320 g/mol. The molecule has 0 atom stereocenters. The molecule has 1 aromatic carbocycles. The molecule has 0 saturated carbocycles. The van der Waals surface area contributed by atoms with Crippen molar-refractivity contribution in [2.45, 2.75) is 6.92 Å². The van der Waals surface area contributed by atoms with Gasteiger partial charge in [-0.05, 0) is 30.7 Å². The fraction of sp³-hybridized carbons (Fsp3) is 0.105. The molecule has 3 aromatic rings. The minimum atomic E-state index is -0.390. The number of hydrogen-bond acceptors (Lipinski definition) is 4. The number of ether oxygens (including phenoxy) is 1. The van der Waals surface area contributed by atoms with Crippen LogP contribution < -0.4 is 0 Å². The number of hydrogen-bond donors (Lipinski definition) is 0. The molecule has 0 unspecified atom stereocenters. The third-order valence-electron chi connectivity index (χ3n) is 3.54. The van der Waals surface area contributed by atoms with E-state index in [0.29, 0.717) is 23.6 Å². The molecule has 0 bridgehead atoms. The molecular formula is C19H16N2O3. The van der Waals surface area contributed by atoms with E-state index in [4.69, 9.17) is 4.74 Å². The Hall–Kier alpha value is -3.21. The number of pyridine rings is 1. The van der Waals surface area contributed by atoms with E-state index in [1.54, 1.807) is 23.6 Å². The van der Waals surface area contributed by atoms with E-state index in [1.807, 2.05) is 42.5 Å². The van der Waals surface area contributed by atoms with Gasteiger partial charge in [-0.3, -0.25) is 9.20 Å². The van der Waals surface area contributed by atoms with Crippen molar-refractivity contribution >= 4 is 24.0 Å². The summed E-state index contributed by atoms with van der Waals surface area (Å²) in [4.78, 5) is 27.5. The third-order valence-corrected chi connectivity index (χ3v) is 3.54. The van der Waals surface area contributed by atoms with Gasteiger partial charge in [-0.25, -0.2) is 9.78 Å². The first-order chi connectivity index (χ1) is 11.7. The molecule has 0 fully saturated rings. The molecule has 0 radical (unpaired) electrons. The van der Waals surface area contributed by atoms with E-state index in [-0.39, 0.29) is 5.97 Å². The van der Waals surface area contributed by atoms with E-state index in [9.17, 15) is 9.59 Å². The summed E-state index contributed by atoms with van der Waals surface area (Å²) in [7, 11) is 0. The second kappa shape index (κ2) is 6.91. The summed E-state index contributed by atoms with van der Waals surface area (Å²) < 4.78 is 6.59. The Balaban J connectivity index is 2.02. The SMILES string of the molecule is CCOC(=O)C=Cc1ccn2c(C=O)c(-c3ccccc3)nc2c1. The first kappa shape index (κ1) is 15.7. The predicted octanol–water partition coefficient (Wildman–Crippen LogP) is 3.39. The van der Waals surface area contributed by atoms with Crippen molar-refractivity contribution in [3.05, 3.63) is 66.0 Å². The summed E-state index contributed by atoms with van der Waals surface area (Å²) in [6.45, 7) is 2.10. The molecule has 2 aromatic heterocycles. The average Bonchev–Trinajstić information content (AvgIpc) is 2.98. The van der Waals surface area contributed by atoms with E-state index >= 15 is 0 Å². The van der Waals surface area contributed by atoms with Gasteiger partial charge in [-0.15, -0.1) is 0 Å². The van der Waals surface area contributed by atoms with E-state index in [0.717, 1.165) is 17.4 Å². The summed E-state index contributed by atoms with van der Waals surface area (Å²) in [6.07, 6.45) is 5.60. The molecular weight excluding hydrogens is 304 g/mol. The second-order valence-corrected chi connectivity index (χ2v) is 5.10. The maximum absolute atomic E-state index is 11.5. The normalized spacial score (nSPS) is 11.0. The number of fused-ring (bicyclic) bond motifs is 1. The number of carbonyl (C=O) groups excluding carboxylic acids is 2. The molecule has 0 saturated heterocycles. The van der Waals surface area contributed by atoms with Crippen LogP contribution in [0.3, 0.4) is 0 Å². The number of imidazole rings is 1. The van der Waals surface area contributed by atoms with Gasteiger partial charge in [0.25, 0.3) is 0 Å². The Morgan fingerprint density at radius 2 is 2.04 bits per heavy atom. The topological polar surface area (TPSA) is 60.7 Å². The lowest BCUT2D eigenvalue weighted by atomic mass is 10.1. The van der Waals surface area contributed by atoms with Crippen molar-refractivity contribution < 1.29 is 14.3 Å². The lowest BCUT2D eigenvalue weighted by molar-refractivity contribution is -0.137. The highest BCUT2D eigenvalue weighted by atomic mass is 16.5. The van der Waals surface area contributed by atoms with E-state index < -0.39 is 0 Å². The van der Waals surface area contributed by atoms with Crippen LogP contribution in [-0.4, -0.2) is 28.2 Å². The van der Waals surface area contributed by atoms with Crippen LogP contribution in [0.1, 0.15) is 23.0 Å². The number of nitrogens with zero attached hydrogens (tertiary/aromatic N) is 2. The molecule has 24 heavy (non-hydrogen) atoms. The van der Waals surface area contributed by atoms with Crippen molar-refractivity contribution in [1.29, 1.82) is 0 Å². The van der Waals surface area contributed by atoms with Gasteiger partial charge in [0.2, 0.25) is 0 Å². The zero-order valence-corrected chi connectivity index (χ0v) is 13.2. The minimum absolute atomic E-state index is 0.339. The zero-order chi connectivity index (χ0) is 16.9. The quantitative estimate of drug-likeness (QED) is 0.411. The molecule has 0 aliphatic carbocycles. The van der Waals surface area contributed by atoms with Crippen molar-refractivity contribution in [1.82, 2.24) is 9.38 Å². The largest absolute Gasteiger partial charge is 0.463 e. The Morgan fingerprint density at radius 3 is 2.75 bits per heavy atom. The smallest absolute Gasteiger partial charge is 0.330 e. The van der Waals surface area contributed by atoms with Crippen LogP contribution in [0.4, 0.5) is 0 Å². The van der Waals surface area contributed by atoms with Crippen LogP contribution in [0, 0.1) is 0 Å². The Kier molecular flexibility index (Phi) is 4.52. The number of benzene rings is 1. The first-order valence-corrected chi connectivity index (χ1v) is 7.60. The van der Waals surface area contributed by atoms with Crippen molar-refractivity contribution in [3.8, 4) is 11.3 Å². The van der Waals surface area contributed by atoms with Gasteiger partial charge in [0, 0.05) is 17.8 Å². The van der Waals surface area contributed by atoms with Crippen molar-refractivity contribution in [2.24, 2.45) is 0 Å². The highest BCUT2D eigenvalue weighted by Crippen LogP contribution is 2.23. The van der Waals surface area contributed by atoms with Gasteiger partial charge >= 0.3 is 5.97 Å². The number of carbonyl (C=O) groups is 2. The van der Waals surface area contributed by atoms with Crippen LogP contribution in [0.2, 0.25) is 0 Å². The summed E-state index contributed by atoms with van der Waals surface area (Å²) in [5.74, 6) is -0.390. The molecule has 5 nitrogen and oxygen atoms in total. The summed E-state index contributed by atoms with van der Waals surface area (Å²) in [5, 5.41) is 0. The third kappa shape index (κ3) is 3.10. The highest BCUT2D eigenvalue weighted by molar-refractivity contribution is 5.88. The van der Waals surface area contributed by atoms with Crippen LogP contribution in [-0.2, 0) is 9.53 Å². The van der Waals surface area contributed by atoms with Crippen LogP contribution in [0.5, 0.6) is 0 Å². The molecule has 120 valence electrons. The monoisotopic (exact) mass is 320 g/mol. The van der Waals surface area contributed by atoms with Gasteiger partial charge in [0.05, 0.1) is 6.61 Å². The Bertz CT molecular complexity index is 911. The van der Waals surface area contributed by atoms with Crippen molar-refractivity contribution in [2.75, 3.05) is 6.61 Å². The van der Waals surface area contributed by atoms with Gasteiger partial charge in [-0.1, -0.05) is 30.3 Å². The lowest BCUT2D eigenvalue weighted by Crippen LogP contribution is -1.98. The fourth-order valence-corrected chi connectivity index (χ4v) is 2.46.